The predicted octanol–water partition coefficient (Wildman–Crippen LogP) is 2.60. The maximum absolute atomic E-state index is 12.0. The SMILES string of the molecule is FC1=C[CH]CC(F)=C1F. The zero-order chi connectivity index (χ0) is 6.85. The van der Waals surface area contributed by atoms with Crippen molar-refractivity contribution in [3.63, 3.8) is 0 Å². The van der Waals surface area contributed by atoms with E-state index in [2.05, 4.69) is 0 Å². The minimum absolute atomic E-state index is 0.140. The Kier molecular flexibility index (Phi) is 1.60. The van der Waals surface area contributed by atoms with Gasteiger partial charge in [-0.15, -0.1) is 0 Å². The molecule has 0 unspecified atom stereocenters. The average molecular weight is 133 g/mol. The van der Waals surface area contributed by atoms with Crippen LogP contribution >= 0.6 is 0 Å². The van der Waals surface area contributed by atoms with Gasteiger partial charge in [-0.3, -0.25) is 0 Å². The van der Waals surface area contributed by atoms with E-state index < -0.39 is 17.5 Å². The molecule has 0 saturated carbocycles. The lowest BCUT2D eigenvalue weighted by atomic mass is 10.1. The van der Waals surface area contributed by atoms with Gasteiger partial charge >= 0.3 is 0 Å². The smallest absolute Gasteiger partial charge is 0.189 e. The van der Waals surface area contributed by atoms with E-state index in [1.54, 1.807) is 0 Å². The molecular formula is C6H4F3. The van der Waals surface area contributed by atoms with Crippen LogP contribution in [0, 0.1) is 6.42 Å². The van der Waals surface area contributed by atoms with Crippen LogP contribution in [0.25, 0.3) is 0 Å². The molecule has 0 aromatic rings. The van der Waals surface area contributed by atoms with Gasteiger partial charge in [0, 0.05) is 6.42 Å². The van der Waals surface area contributed by atoms with E-state index in [-0.39, 0.29) is 6.42 Å². The van der Waals surface area contributed by atoms with Gasteiger partial charge in [0.2, 0.25) is 0 Å². The van der Waals surface area contributed by atoms with Gasteiger partial charge in [0.1, 0.15) is 5.83 Å². The summed E-state index contributed by atoms with van der Waals surface area (Å²) in [5.74, 6) is -3.52. The molecule has 9 heavy (non-hydrogen) atoms. The number of hydrogen-bond donors (Lipinski definition) is 0. The van der Waals surface area contributed by atoms with Gasteiger partial charge in [0.25, 0.3) is 0 Å². The van der Waals surface area contributed by atoms with Gasteiger partial charge in [0.15, 0.2) is 11.7 Å². The molecule has 1 aliphatic carbocycles. The predicted molar refractivity (Wildman–Crippen MR) is 27.3 cm³/mol. The molecule has 1 radical (unpaired) electrons. The highest BCUT2D eigenvalue weighted by Gasteiger charge is 2.14. The Morgan fingerprint density at radius 2 is 1.89 bits per heavy atom. The van der Waals surface area contributed by atoms with Crippen LogP contribution in [-0.4, -0.2) is 0 Å². The van der Waals surface area contributed by atoms with E-state index >= 15 is 0 Å². The van der Waals surface area contributed by atoms with Crippen LogP contribution in [0.3, 0.4) is 0 Å². The molecule has 1 rings (SSSR count). The Bertz CT molecular complexity index is 179. The van der Waals surface area contributed by atoms with Crippen LogP contribution in [-0.2, 0) is 0 Å². The van der Waals surface area contributed by atoms with Crippen molar-refractivity contribution in [2.24, 2.45) is 0 Å². The number of hydrogen-bond acceptors (Lipinski definition) is 0. The normalized spacial score (nSPS) is 20.1. The van der Waals surface area contributed by atoms with Crippen molar-refractivity contribution in [1.29, 1.82) is 0 Å². The molecule has 0 N–H and O–H groups in total. The molecule has 0 aromatic heterocycles. The topological polar surface area (TPSA) is 0 Å². The summed E-state index contributed by atoms with van der Waals surface area (Å²) in [4.78, 5) is 0. The van der Waals surface area contributed by atoms with Crippen molar-refractivity contribution in [3.8, 4) is 0 Å². The summed E-state index contributed by atoms with van der Waals surface area (Å²) in [5, 5.41) is 0. The van der Waals surface area contributed by atoms with Gasteiger partial charge in [-0.05, 0) is 12.5 Å². The highest BCUT2D eigenvalue weighted by atomic mass is 19.2. The molecule has 1 aliphatic rings. The third-order valence-corrected chi connectivity index (χ3v) is 1.01. The molecule has 0 amide bonds. The standard InChI is InChI=1S/C6H4F3/c7-4-2-1-3-5(8)6(4)9/h1-2H,3H2. The largest absolute Gasteiger partial charge is 0.208 e. The summed E-state index contributed by atoms with van der Waals surface area (Å²) in [6.07, 6.45) is 2.01. The second kappa shape index (κ2) is 2.25. The van der Waals surface area contributed by atoms with Crippen molar-refractivity contribution < 1.29 is 13.2 Å². The van der Waals surface area contributed by atoms with Gasteiger partial charge in [-0.25, -0.2) is 13.2 Å². The molecule has 0 spiro atoms. The Hall–Kier alpha value is -0.730. The Balaban J connectivity index is 2.88. The van der Waals surface area contributed by atoms with E-state index in [1.165, 1.54) is 6.42 Å². The molecule has 0 saturated heterocycles. The molecule has 49 valence electrons. The van der Waals surface area contributed by atoms with Crippen LogP contribution in [0.5, 0.6) is 0 Å². The molecular weight excluding hydrogens is 129 g/mol. The Labute approximate surface area is 50.7 Å². The monoisotopic (exact) mass is 133 g/mol. The first-order valence-corrected chi connectivity index (χ1v) is 2.45. The molecule has 0 fully saturated rings. The third kappa shape index (κ3) is 1.15. The summed E-state index contributed by atoms with van der Waals surface area (Å²) in [6.45, 7) is 0. The van der Waals surface area contributed by atoms with Gasteiger partial charge in [-0.2, -0.15) is 0 Å². The van der Waals surface area contributed by atoms with E-state index in [0.29, 0.717) is 0 Å². The van der Waals surface area contributed by atoms with Crippen molar-refractivity contribution >= 4 is 0 Å². The zero-order valence-electron chi connectivity index (χ0n) is 4.50. The van der Waals surface area contributed by atoms with Gasteiger partial charge in [0.05, 0.1) is 0 Å². The van der Waals surface area contributed by atoms with Gasteiger partial charge < -0.3 is 0 Å². The highest BCUT2D eigenvalue weighted by molar-refractivity contribution is 5.29. The maximum atomic E-state index is 12.0. The lowest BCUT2D eigenvalue weighted by Gasteiger charge is -2.02. The van der Waals surface area contributed by atoms with Gasteiger partial charge in [-0.1, -0.05) is 0 Å². The Morgan fingerprint density at radius 3 is 2.33 bits per heavy atom. The minimum atomic E-state index is -1.36. The third-order valence-electron chi connectivity index (χ3n) is 1.01. The van der Waals surface area contributed by atoms with E-state index in [1.807, 2.05) is 0 Å². The van der Waals surface area contributed by atoms with Crippen LogP contribution in [0.4, 0.5) is 13.2 Å². The van der Waals surface area contributed by atoms with Crippen molar-refractivity contribution in [2.45, 2.75) is 6.42 Å². The van der Waals surface area contributed by atoms with Crippen LogP contribution < -0.4 is 0 Å². The lowest BCUT2D eigenvalue weighted by Crippen LogP contribution is -1.89. The molecule has 0 atom stereocenters. The van der Waals surface area contributed by atoms with Crippen LogP contribution in [0.2, 0.25) is 0 Å². The summed E-state index contributed by atoms with van der Waals surface area (Å²) in [6, 6.07) is 0. The quantitative estimate of drug-likeness (QED) is 0.476. The van der Waals surface area contributed by atoms with Crippen LogP contribution in [0.1, 0.15) is 6.42 Å². The zero-order valence-corrected chi connectivity index (χ0v) is 4.50. The van der Waals surface area contributed by atoms with Crippen molar-refractivity contribution in [3.05, 3.63) is 30.0 Å². The molecule has 3 heteroatoms. The summed E-state index contributed by atoms with van der Waals surface area (Å²) in [7, 11) is 0. The fourth-order valence-corrected chi connectivity index (χ4v) is 0.558. The van der Waals surface area contributed by atoms with E-state index in [0.717, 1.165) is 6.08 Å². The molecule has 0 nitrogen and oxygen atoms in total. The summed E-state index contributed by atoms with van der Waals surface area (Å²) < 4.78 is 36.0. The maximum Gasteiger partial charge on any atom is 0.189 e. The molecule has 0 aliphatic heterocycles. The first kappa shape index (κ1) is 6.39. The molecule has 0 heterocycles. The second-order valence-electron chi connectivity index (χ2n) is 1.67. The van der Waals surface area contributed by atoms with E-state index in [9.17, 15) is 13.2 Å². The van der Waals surface area contributed by atoms with E-state index in [4.69, 9.17) is 0 Å². The first-order chi connectivity index (χ1) is 4.22. The van der Waals surface area contributed by atoms with Crippen molar-refractivity contribution in [1.82, 2.24) is 0 Å². The fraction of sp³-hybridized carbons (Fsp3) is 0.167. The van der Waals surface area contributed by atoms with Crippen molar-refractivity contribution in [2.75, 3.05) is 0 Å². The summed E-state index contributed by atoms with van der Waals surface area (Å²) >= 11 is 0. The number of allylic oxidation sites excluding steroid dienone is 4. The Morgan fingerprint density at radius 1 is 1.22 bits per heavy atom. The average Bonchev–Trinajstić information content (AvgIpc) is 1.83. The lowest BCUT2D eigenvalue weighted by molar-refractivity contribution is 0.474. The minimum Gasteiger partial charge on any atom is -0.208 e. The summed E-state index contributed by atoms with van der Waals surface area (Å²) in [5.41, 5.74) is 0. The van der Waals surface area contributed by atoms with Crippen LogP contribution in [0.15, 0.2) is 23.6 Å². The highest BCUT2D eigenvalue weighted by Crippen LogP contribution is 2.26. The molecule has 0 aromatic carbocycles. The second-order valence-corrected chi connectivity index (χ2v) is 1.67. The fourth-order valence-electron chi connectivity index (χ4n) is 0.558. The first-order valence-electron chi connectivity index (χ1n) is 2.45. The number of halogens is 3. The number of rotatable bonds is 0. The molecule has 0 bridgehead atoms.